The van der Waals surface area contributed by atoms with E-state index in [4.69, 9.17) is 0 Å². The second-order valence-electron chi connectivity index (χ2n) is 2.94. The van der Waals surface area contributed by atoms with Crippen molar-refractivity contribution < 1.29 is 9.59 Å². The highest BCUT2D eigenvalue weighted by molar-refractivity contribution is 8.70. The Hall–Kier alpha value is -1.20. The van der Waals surface area contributed by atoms with Crippen molar-refractivity contribution in [2.75, 3.05) is 0 Å². The van der Waals surface area contributed by atoms with Crippen LogP contribution in [0.4, 0.5) is 0 Å². The average Bonchev–Trinajstić information content (AvgIpc) is 2.54. The quantitative estimate of drug-likeness (QED) is 0.467. The van der Waals surface area contributed by atoms with Gasteiger partial charge in [0.25, 0.3) is 11.8 Å². The predicted molar refractivity (Wildman–Crippen MR) is 63.1 cm³/mol. The van der Waals surface area contributed by atoms with Crippen molar-refractivity contribution in [2.24, 2.45) is 0 Å². The first-order valence-corrected chi connectivity index (χ1v) is 6.07. The van der Waals surface area contributed by atoms with E-state index in [0.717, 1.165) is 16.4 Å². The van der Waals surface area contributed by atoms with Gasteiger partial charge in [-0.15, -0.1) is 11.7 Å². The van der Waals surface area contributed by atoms with Crippen LogP contribution in [0.3, 0.4) is 0 Å². The van der Waals surface area contributed by atoms with Gasteiger partial charge in [-0.3, -0.25) is 14.9 Å². The lowest BCUT2D eigenvalue weighted by Gasteiger charge is -2.00. The van der Waals surface area contributed by atoms with Crippen LogP contribution >= 0.6 is 22.5 Å². The molecular weight excluding hydrogens is 230 g/mol. The predicted octanol–water partition coefficient (Wildman–Crippen LogP) is 1.63. The molecule has 0 bridgehead atoms. The summed E-state index contributed by atoms with van der Waals surface area (Å²) in [6.45, 7) is 0. The van der Waals surface area contributed by atoms with Crippen LogP contribution in [-0.2, 0) is 9.59 Å². The highest BCUT2D eigenvalue weighted by Gasteiger charge is 2.30. The van der Waals surface area contributed by atoms with Gasteiger partial charge in [0, 0.05) is 0 Å². The first-order chi connectivity index (χ1) is 7.24. The van der Waals surface area contributed by atoms with Gasteiger partial charge in [-0.1, -0.05) is 41.1 Å². The molecule has 1 heterocycles. The third-order valence-electron chi connectivity index (χ3n) is 2.04. The Bertz CT molecular complexity index is 454. The van der Waals surface area contributed by atoms with Crippen LogP contribution in [0.2, 0.25) is 0 Å². The lowest BCUT2D eigenvalue weighted by molar-refractivity contribution is -0.123. The molecule has 0 aromatic heterocycles. The Kier molecular flexibility index (Phi) is 2.83. The van der Waals surface area contributed by atoms with Gasteiger partial charge < -0.3 is 0 Å². The molecule has 0 atom stereocenters. The second kappa shape index (κ2) is 4.12. The van der Waals surface area contributed by atoms with Crippen molar-refractivity contribution in [2.45, 2.75) is 0 Å². The van der Waals surface area contributed by atoms with Crippen molar-refractivity contribution in [3.05, 3.63) is 40.8 Å². The maximum absolute atomic E-state index is 11.5. The maximum Gasteiger partial charge on any atom is 0.266 e. The van der Waals surface area contributed by atoms with E-state index in [1.165, 1.54) is 0 Å². The SMILES string of the molecule is O=C1NC(=O)C(c2ccccc2)=C1SS. The Balaban J connectivity index is 2.55. The summed E-state index contributed by atoms with van der Waals surface area (Å²) in [5, 5.41) is 2.24. The summed E-state index contributed by atoms with van der Waals surface area (Å²) < 4.78 is 0. The number of amides is 2. The van der Waals surface area contributed by atoms with Gasteiger partial charge in [0.1, 0.15) is 0 Å². The van der Waals surface area contributed by atoms with Crippen LogP contribution in [0.15, 0.2) is 35.2 Å². The maximum atomic E-state index is 11.5. The number of thiol groups is 1. The van der Waals surface area contributed by atoms with Crippen LogP contribution in [0.1, 0.15) is 5.56 Å². The van der Waals surface area contributed by atoms with Crippen LogP contribution < -0.4 is 5.32 Å². The molecule has 2 rings (SSSR count). The summed E-state index contributed by atoms with van der Waals surface area (Å²) in [5.41, 5.74) is 1.14. The van der Waals surface area contributed by atoms with Gasteiger partial charge in [0.05, 0.1) is 10.5 Å². The zero-order valence-electron chi connectivity index (χ0n) is 7.56. The highest BCUT2D eigenvalue weighted by atomic mass is 33.1. The molecule has 0 fully saturated rings. The fourth-order valence-electron chi connectivity index (χ4n) is 1.39. The molecule has 0 radical (unpaired) electrons. The molecule has 1 aliphatic rings. The lowest BCUT2D eigenvalue weighted by atomic mass is 10.1. The van der Waals surface area contributed by atoms with Crippen LogP contribution in [0, 0.1) is 0 Å². The van der Waals surface area contributed by atoms with E-state index in [2.05, 4.69) is 17.0 Å². The van der Waals surface area contributed by atoms with Gasteiger partial charge in [0.2, 0.25) is 0 Å². The Morgan fingerprint density at radius 3 is 2.33 bits per heavy atom. The average molecular weight is 237 g/mol. The fraction of sp³-hybridized carbons (Fsp3) is 0. The Morgan fingerprint density at radius 2 is 1.73 bits per heavy atom. The van der Waals surface area contributed by atoms with Gasteiger partial charge in [0.15, 0.2) is 0 Å². The number of rotatable bonds is 2. The summed E-state index contributed by atoms with van der Waals surface area (Å²) in [6.07, 6.45) is 0. The fourth-order valence-corrected chi connectivity index (χ4v) is 2.35. The van der Waals surface area contributed by atoms with Crippen LogP contribution in [0.5, 0.6) is 0 Å². The number of carbonyl (C=O) groups is 2. The van der Waals surface area contributed by atoms with E-state index in [1.807, 2.05) is 18.2 Å². The third kappa shape index (κ3) is 1.80. The van der Waals surface area contributed by atoms with Crippen molar-refractivity contribution in [3.63, 3.8) is 0 Å². The van der Waals surface area contributed by atoms with E-state index in [1.54, 1.807) is 12.1 Å². The molecule has 3 nitrogen and oxygen atoms in total. The largest absolute Gasteiger partial charge is 0.288 e. The molecule has 1 aromatic rings. The van der Waals surface area contributed by atoms with Crippen LogP contribution in [-0.4, -0.2) is 11.8 Å². The minimum Gasteiger partial charge on any atom is -0.288 e. The van der Waals surface area contributed by atoms with Gasteiger partial charge in [-0.25, -0.2) is 0 Å². The minimum absolute atomic E-state index is 0.356. The summed E-state index contributed by atoms with van der Waals surface area (Å²) >= 11 is 3.97. The van der Waals surface area contributed by atoms with Crippen molar-refractivity contribution in [3.8, 4) is 0 Å². The number of carbonyl (C=O) groups excluding carboxylic acids is 2. The number of benzene rings is 1. The lowest BCUT2D eigenvalue weighted by Crippen LogP contribution is -2.22. The topological polar surface area (TPSA) is 46.2 Å². The molecule has 1 aromatic carbocycles. The highest BCUT2D eigenvalue weighted by Crippen LogP contribution is 2.33. The Labute approximate surface area is 95.7 Å². The van der Waals surface area contributed by atoms with Crippen molar-refractivity contribution in [1.82, 2.24) is 5.32 Å². The van der Waals surface area contributed by atoms with Gasteiger partial charge in [-0.2, -0.15) is 0 Å². The Morgan fingerprint density at radius 1 is 1.07 bits per heavy atom. The zero-order chi connectivity index (χ0) is 10.8. The molecule has 76 valence electrons. The summed E-state index contributed by atoms with van der Waals surface area (Å²) in [6, 6.07) is 9.07. The molecule has 0 saturated heterocycles. The van der Waals surface area contributed by atoms with Crippen molar-refractivity contribution in [1.29, 1.82) is 0 Å². The smallest absolute Gasteiger partial charge is 0.266 e. The molecule has 0 unspecified atom stereocenters. The summed E-state index contributed by atoms with van der Waals surface area (Å²) in [4.78, 5) is 23.2. The van der Waals surface area contributed by atoms with Crippen molar-refractivity contribution >= 4 is 39.8 Å². The molecule has 2 amide bonds. The molecule has 1 aliphatic heterocycles. The second-order valence-corrected chi connectivity index (χ2v) is 4.08. The van der Waals surface area contributed by atoms with Gasteiger partial charge in [-0.05, 0) is 5.56 Å². The number of imide groups is 1. The molecule has 0 aliphatic carbocycles. The van der Waals surface area contributed by atoms with E-state index < -0.39 is 0 Å². The first kappa shape index (κ1) is 10.3. The number of nitrogens with one attached hydrogen (secondary N) is 1. The zero-order valence-corrected chi connectivity index (χ0v) is 9.27. The standard InChI is InChI=1S/C10H7NO2S2/c12-9-7(6-4-2-1-3-5-6)8(15-14)10(13)11-9/h1-5,14H,(H,11,12,13). The minimum atomic E-state index is -0.376. The number of hydrogen-bond donors (Lipinski definition) is 2. The van der Waals surface area contributed by atoms with E-state index in [9.17, 15) is 9.59 Å². The first-order valence-electron chi connectivity index (χ1n) is 4.21. The molecule has 0 saturated carbocycles. The molecule has 0 spiro atoms. The molecule has 5 heteroatoms. The van der Waals surface area contributed by atoms with E-state index in [0.29, 0.717) is 10.5 Å². The molecule has 15 heavy (non-hydrogen) atoms. The molecule has 1 N–H and O–H groups in total. The van der Waals surface area contributed by atoms with Gasteiger partial charge >= 0.3 is 0 Å². The summed E-state index contributed by atoms with van der Waals surface area (Å²) in [7, 11) is 0.988. The third-order valence-corrected chi connectivity index (χ3v) is 3.16. The number of hydrogen-bond acceptors (Lipinski definition) is 4. The van der Waals surface area contributed by atoms with E-state index >= 15 is 0 Å². The summed E-state index contributed by atoms with van der Waals surface area (Å²) in [5.74, 6) is -0.735. The van der Waals surface area contributed by atoms with E-state index in [-0.39, 0.29) is 11.8 Å². The molecular formula is C10H7NO2S2. The normalized spacial score (nSPS) is 15.8. The monoisotopic (exact) mass is 237 g/mol. The van der Waals surface area contributed by atoms with Crippen LogP contribution in [0.25, 0.3) is 5.57 Å².